The van der Waals surface area contributed by atoms with E-state index in [1.54, 1.807) is 34.0 Å². The highest BCUT2D eigenvalue weighted by molar-refractivity contribution is 8.77. The van der Waals surface area contributed by atoms with Gasteiger partial charge in [-0.1, -0.05) is 65.8 Å². The van der Waals surface area contributed by atoms with Gasteiger partial charge >= 0.3 is 21.2 Å². The van der Waals surface area contributed by atoms with Crippen molar-refractivity contribution in [1.82, 2.24) is 15.0 Å². The first-order valence-corrected chi connectivity index (χ1v) is 27.0. The predicted octanol–water partition coefficient (Wildman–Crippen LogP) is 8.11. The Morgan fingerprint density at radius 2 is 1.18 bits per heavy atom. The van der Waals surface area contributed by atoms with Crippen LogP contribution < -0.4 is 5.73 Å². The van der Waals surface area contributed by atoms with E-state index < -0.39 is 33.0 Å². The summed E-state index contributed by atoms with van der Waals surface area (Å²) in [6, 6.07) is 11.4. The molecule has 1 aliphatic rings. The van der Waals surface area contributed by atoms with Gasteiger partial charge in [-0.05, 0) is 78.1 Å². The molecule has 4 N–H and O–H groups in total. The van der Waals surface area contributed by atoms with Crippen LogP contribution in [0.2, 0.25) is 0 Å². The van der Waals surface area contributed by atoms with Gasteiger partial charge < -0.3 is 29.4 Å². The van der Waals surface area contributed by atoms with Crippen LogP contribution in [0.25, 0.3) is 0 Å². The Labute approximate surface area is 346 Å². The molecule has 1 saturated heterocycles. The molecule has 2 atom stereocenters. The number of Topliss-reactive ketones (excluding diaryl/α,β-unsaturated/α-hetero) is 1. The van der Waals surface area contributed by atoms with Crippen molar-refractivity contribution >= 4 is 81.9 Å². The Balaban J connectivity index is 0.000000443. The summed E-state index contributed by atoms with van der Waals surface area (Å²) in [6.45, 7) is 3.81. The molecule has 2 aromatic heterocycles. The number of unbranched alkanes of at least 4 members (excludes halogenated alkanes) is 7. The van der Waals surface area contributed by atoms with Crippen molar-refractivity contribution in [2.75, 3.05) is 44.6 Å². The van der Waals surface area contributed by atoms with Crippen molar-refractivity contribution in [1.29, 1.82) is 0 Å². The zero-order valence-electron chi connectivity index (χ0n) is 32.1. The quantitative estimate of drug-likeness (QED) is 0.0333. The summed E-state index contributed by atoms with van der Waals surface area (Å²) in [7, 11) is -0.383. The average molecular weight is 899 g/mol. The second kappa shape index (κ2) is 32.1. The van der Waals surface area contributed by atoms with Gasteiger partial charge in [-0.3, -0.25) is 23.5 Å². The van der Waals surface area contributed by atoms with Crippen LogP contribution in [0.3, 0.4) is 0 Å². The molecular weight excluding hydrogens is 843 g/mol. The third-order valence-corrected chi connectivity index (χ3v) is 12.8. The standard InChI is InChI=1S/C16H26NO4PS2.C12H12N2O4S2.C7H18NO3P/c1-22(19,20)21-13-8-4-2-3-5-9-15(18)11-14-23-24-16-10-6-7-12-17-16;15-10-4-5-11(16)14(10)18-12(17)6-8-19-20-9-3-1-2-7-13-9;1-12(9,10)11-7-5-3-2-4-6-8/h6-7,10,12H,2-5,8-9,11,13-14H2,1H3,(H,19,20);1-3,7H,4-6,8H2;2-8H2,1H3,(H,9,10). The van der Waals surface area contributed by atoms with Crippen LogP contribution in [0.15, 0.2) is 58.8 Å². The fraction of sp³-hybridized carbons (Fsp3) is 0.600. The molecule has 56 heavy (non-hydrogen) atoms. The van der Waals surface area contributed by atoms with Crippen molar-refractivity contribution in [3.8, 4) is 0 Å². The number of hydroxylamine groups is 2. The molecule has 21 heteroatoms. The lowest BCUT2D eigenvalue weighted by Gasteiger charge is -2.12. The number of hydrogen-bond donors (Lipinski definition) is 3. The minimum absolute atomic E-state index is 0.108. The lowest BCUT2D eigenvalue weighted by Crippen LogP contribution is -2.32. The molecule has 15 nitrogen and oxygen atoms in total. The van der Waals surface area contributed by atoms with E-state index in [1.807, 2.05) is 36.4 Å². The average Bonchev–Trinajstić information content (AvgIpc) is 3.47. The SMILES string of the molecule is CP(=O)(O)OCCCCCCCC(=O)CCSSc1ccccn1.CP(=O)(O)OCCCCCCN.O=C(CCSSc1ccccn1)ON1C(=O)CCC1=O. The summed E-state index contributed by atoms with van der Waals surface area (Å²) < 4.78 is 31.0. The van der Waals surface area contributed by atoms with Crippen molar-refractivity contribution in [2.24, 2.45) is 5.73 Å². The number of hydrogen-bond acceptors (Lipinski definition) is 16. The number of amides is 2. The molecule has 3 rings (SSSR count). The van der Waals surface area contributed by atoms with Gasteiger partial charge in [-0.25, -0.2) is 14.8 Å². The maximum atomic E-state index is 11.8. The normalized spacial score (nSPS) is 14.5. The Morgan fingerprint density at radius 3 is 1.64 bits per heavy atom. The zero-order valence-corrected chi connectivity index (χ0v) is 37.1. The molecule has 1 fully saturated rings. The fourth-order valence-corrected chi connectivity index (χ4v) is 8.93. The highest BCUT2D eigenvalue weighted by atomic mass is 33.1. The number of carbonyl (C=O) groups excluding carboxylic acids is 4. The van der Waals surface area contributed by atoms with Crippen LogP contribution in [-0.2, 0) is 42.2 Å². The van der Waals surface area contributed by atoms with Gasteiger partial charge in [-0.2, -0.15) is 0 Å². The molecule has 0 aromatic carbocycles. The second-order valence-corrected chi connectivity index (χ2v) is 20.8. The highest BCUT2D eigenvalue weighted by Gasteiger charge is 2.32. The third kappa shape index (κ3) is 31.3. The van der Waals surface area contributed by atoms with Crippen LogP contribution in [-0.4, -0.2) is 93.0 Å². The molecule has 0 spiro atoms. The van der Waals surface area contributed by atoms with Crippen LogP contribution in [0.5, 0.6) is 0 Å². The maximum absolute atomic E-state index is 11.8. The summed E-state index contributed by atoms with van der Waals surface area (Å²) in [5, 5.41) is 2.40. The minimum Gasteiger partial charge on any atom is -0.330 e. The predicted molar refractivity (Wildman–Crippen MR) is 225 cm³/mol. The zero-order chi connectivity index (χ0) is 41.5. The number of pyridine rings is 2. The molecule has 2 unspecified atom stereocenters. The third-order valence-electron chi connectivity index (χ3n) is 6.98. The van der Waals surface area contributed by atoms with Crippen molar-refractivity contribution < 1.29 is 52.0 Å². The van der Waals surface area contributed by atoms with Crippen LogP contribution in [0.1, 0.15) is 89.9 Å². The van der Waals surface area contributed by atoms with Gasteiger partial charge in [0, 0.05) is 62.9 Å². The van der Waals surface area contributed by atoms with E-state index in [0.29, 0.717) is 49.2 Å². The first-order chi connectivity index (χ1) is 26.7. The van der Waals surface area contributed by atoms with E-state index in [1.165, 1.54) is 34.9 Å². The van der Waals surface area contributed by atoms with Gasteiger partial charge in [0.25, 0.3) is 11.8 Å². The fourth-order valence-electron chi connectivity index (χ4n) is 4.23. The molecule has 0 saturated carbocycles. The summed E-state index contributed by atoms with van der Waals surface area (Å²) >= 11 is 0. The van der Waals surface area contributed by atoms with Crippen LogP contribution >= 0.6 is 58.4 Å². The van der Waals surface area contributed by atoms with Crippen molar-refractivity contribution in [3.05, 3.63) is 48.8 Å². The van der Waals surface area contributed by atoms with Gasteiger partial charge in [-0.15, -0.1) is 5.06 Å². The first-order valence-electron chi connectivity index (χ1n) is 18.3. The molecule has 0 bridgehead atoms. The summed E-state index contributed by atoms with van der Waals surface area (Å²) in [6.07, 6.45) is 13.7. The molecule has 2 aromatic rings. The number of rotatable bonds is 27. The van der Waals surface area contributed by atoms with E-state index in [0.717, 1.165) is 73.6 Å². The molecule has 0 aliphatic carbocycles. The van der Waals surface area contributed by atoms with Crippen LogP contribution in [0.4, 0.5) is 0 Å². The second-order valence-electron chi connectivity index (χ2n) is 12.2. The number of carbonyl (C=O) groups is 4. The molecule has 1 aliphatic heterocycles. The number of aromatic nitrogens is 2. The summed E-state index contributed by atoms with van der Waals surface area (Å²) in [5.74, 6) is 0.145. The van der Waals surface area contributed by atoms with Gasteiger partial charge in [0.05, 0.1) is 19.6 Å². The monoisotopic (exact) mass is 898 g/mol. The topological polar surface area (TPSA) is 226 Å². The van der Waals surface area contributed by atoms with E-state index in [-0.39, 0.29) is 19.3 Å². The number of nitrogens with two attached hydrogens (primary N) is 1. The van der Waals surface area contributed by atoms with Crippen LogP contribution in [0, 0.1) is 0 Å². The molecule has 2 amide bonds. The molecular formula is C35H56N4O11P2S4. The lowest BCUT2D eigenvalue weighted by molar-refractivity contribution is -0.197. The number of nitrogens with zero attached hydrogens (tertiary/aromatic N) is 3. The smallest absolute Gasteiger partial charge is 0.330 e. The minimum atomic E-state index is -3.33. The summed E-state index contributed by atoms with van der Waals surface area (Å²) in [4.78, 5) is 76.6. The molecule has 3 heterocycles. The number of imide groups is 1. The van der Waals surface area contributed by atoms with E-state index in [2.05, 4.69) is 14.5 Å². The van der Waals surface area contributed by atoms with E-state index in [9.17, 15) is 28.3 Å². The Bertz CT molecular complexity index is 1480. The molecule has 316 valence electrons. The Morgan fingerprint density at radius 1 is 0.714 bits per heavy atom. The Kier molecular flexibility index (Phi) is 30.0. The summed E-state index contributed by atoms with van der Waals surface area (Å²) in [5.41, 5.74) is 5.30. The van der Waals surface area contributed by atoms with Crippen molar-refractivity contribution in [2.45, 2.75) is 99.9 Å². The van der Waals surface area contributed by atoms with Crippen molar-refractivity contribution in [3.63, 3.8) is 0 Å². The number of ketones is 1. The largest absolute Gasteiger partial charge is 0.334 e. The highest BCUT2D eigenvalue weighted by Crippen LogP contribution is 2.37. The Hall–Kier alpha value is -1.76. The lowest BCUT2D eigenvalue weighted by atomic mass is 10.1. The van der Waals surface area contributed by atoms with E-state index in [4.69, 9.17) is 24.9 Å². The first kappa shape index (κ1) is 52.3. The van der Waals surface area contributed by atoms with Gasteiger partial charge in [0.2, 0.25) is 0 Å². The van der Waals surface area contributed by atoms with Gasteiger partial charge in [0.1, 0.15) is 15.8 Å². The maximum Gasteiger partial charge on any atom is 0.334 e. The van der Waals surface area contributed by atoms with Gasteiger partial charge in [0.15, 0.2) is 0 Å². The molecule has 0 radical (unpaired) electrons. The van der Waals surface area contributed by atoms with E-state index >= 15 is 0 Å².